The molecule has 25 heavy (non-hydrogen) atoms. The van der Waals surface area contributed by atoms with Crippen LogP contribution in [-0.2, 0) is 6.54 Å². The first-order valence-electron chi connectivity index (χ1n) is 8.39. The van der Waals surface area contributed by atoms with Gasteiger partial charge in [-0.2, -0.15) is 0 Å². The number of unbranched alkanes of at least 4 members (excludes halogenated alkanes) is 1. The first kappa shape index (κ1) is 17.0. The highest BCUT2D eigenvalue weighted by Crippen LogP contribution is 2.19. The summed E-state index contributed by atoms with van der Waals surface area (Å²) in [5.41, 5.74) is 2.30. The molecule has 0 atom stereocenters. The number of aryl methyl sites for hydroxylation is 3. The second-order valence-electron chi connectivity index (χ2n) is 6.15. The van der Waals surface area contributed by atoms with Crippen LogP contribution in [0.4, 0.5) is 0 Å². The number of ether oxygens (including phenoxy) is 1. The van der Waals surface area contributed by atoms with Crippen molar-refractivity contribution in [2.24, 2.45) is 0 Å². The molecular weight excluding hydrogens is 318 g/mol. The van der Waals surface area contributed by atoms with Crippen molar-refractivity contribution in [1.82, 2.24) is 4.57 Å². The molecule has 0 unspecified atom stereocenters. The highest BCUT2D eigenvalue weighted by molar-refractivity contribution is 5.77. The number of hydrogen-bond donors (Lipinski definition) is 0. The number of para-hydroxylation sites is 1. The lowest BCUT2D eigenvalue weighted by molar-refractivity contribution is 0.299. The predicted molar refractivity (Wildman–Crippen MR) is 97.4 cm³/mol. The summed E-state index contributed by atoms with van der Waals surface area (Å²) in [4.78, 5) is 23.7. The number of benzene rings is 2. The van der Waals surface area contributed by atoms with E-state index >= 15 is 0 Å². The van der Waals surface area contributed by atoms with Gasteiger partial charge in [-0.25, -0.2) is 9.59 Å². The lowest BCUT2D eigenvalue weighted by atomic mass is 10.1. The molecule has 5 nitrogen and oxygen atoms in total. The third kappa shape index (κ3) is 3.82. The largest absolute Gasteiger partial charge is 0.493 e. The smallest absolute Gasteiger partial charge is 0.422 e. The standard InChI is InChI=1S/C20H21NO4/c1-14-9-10-15(2)18(13-14)24-12-6-5-11-21-17-8-4-3-7-16(17)19(22)25-20(21)23/h3-4,7-10,13H,5-6,11-12H2,1-2H3. The van der Waals surface area contributed by atoms with E-state index in [-0.39, 0.29) is 0 Å². The summed E-state index contributed by atoms with van der Waals surface area (Å²) in [5, 5.41) is 0.425. The molecule has 0 amide bonds. The molecule has 0 aliphatic rings. The molecule has 0 aliphatic heterocycles. The van der Waals surface area contributed by atoms with Gasteiger partial charge in [-0.15, -0.1) is 0 Å². The molecule has 0 radical (unpaired) electrons. The Morgan fingerprint density at radius 1 is 1.04 bits per heavy atom. The molecule has 0 bridgehead atoms. The van der Waals surface area contributed by atoms with Gasteiger partial charge in [0.25, 0.3) is 0 Å². The molecule has 0 saturated carbocycles. The second kappa shape index (κ2) is 7.38. The highest BCUT2D eigenvalue weighted by atomic mass is 16.5. The van der Waals surface area contributed by atoms with Crippen molar-refractivity contribution in [1.29, 1.82) is 0 Å². The van der Waals surface area contributed by atoms with E-state index in [9.17, 15) is 9.59 Å². The Bertz CT molecular complexity index is 1000. The van der Waals surface area contributed by atoms with Crippen molar-refractivity contribution in [3.8, 4) is 5.75 Å². The van der Waals surface area contributed by atoms with Gasteiger partial charge >= 0.3 is 11.4 Å². The van der Waals surface area contributed by atoms with Crippen molar-refractivity contribution in [3.63, 3.8) is 0 Å². The summed E-state index contributed by atoms with van der Waals surface area (Å²) in [6.45, 7) is 5.12. The molecule has 5 heteroatoms. The normalized spacial score (nSPS) is 11.0. The van der Waals surface area contributed by atoms with Gasteiger partial charge in [0.1, 0.15) is 5.75 Å². The molecule has 0 saturated heterocycles. The molecule has 3 rings (SSSR count). The summed E-state index contributed by atoms with van der Waals surface area (Å²) in [7, 11) is 0. The Labute approximate surface area is 145 Å². The molecule has 2 aromatic carbocycles. The first-order valence-corrected chi connectivity index (χ1v) is 8.39. The number of nitrogens with zero attached hydrogens (tertiary/aromatic N) is 1. The van der Waals surface area contributed by atoms with E-state index in [0.717, 1.165) is 29.7 Å². The molecule has 0 aliphatic carbocycles. The van der Waals surface area contributed by atoms with Crippen molar-refractivity contribution >= 4 is 10.9 Å². The minimum atomic E-state index is -0.612. The quantitative estimate of drug-likeness (QED) is 0.646. The van der Waals surface area contributed by atoms with Crippen LogP contribution in [0.2, 0.25) is 0 Å². The zero-order valence-corrected chi connectivity index (χ0v) is 14.5. The van der Waals surface area contributed by atoms with E-state index in [1.54, 1.807) is 24.3 Å². The van der Waals surface area contributed by atoms with Crippen LogP contribution in [0.15, 0.2) is 56.5 Å². The van der Waals surface area contributed by atoms with Gasteiger partial charge in [-0.1, -0.05) is 24.3 Å². The van der Waals surface area contributed by atoms with Gasteiger partial charge < -0.3 is 9.15 Å². The molecule has 0 spiro atoms. The zero-order chi connectivity index (χ0) is 17.8. The average molecular weight is 339 g/mol. The summed E-state index contributed by atoms with van der Waals surface area (Å²) >= 11 is 0. The number of rotatable bonds is 6. The van der Waals surface area contributed by atoms with Crippen LogP contribution in [0, 0.1) is 13.8 Å². The minimum absolute atomic E-state index is 0.425. The monoisotopic (exact) mass is 339 g/mol. The third-order valence-electron chi connectivity index (χ3n) is 4.19. The maximum Gasteiger partial charge on any atom is 0.422 e. The maximum atomic E-state index is 12.0. The van der Waals surface area contributed by atoms with Crippen LogP contribution < -0.4 is 16.1 Å². The molecule has 1 aromatic heterocycles. The van der Waals surface area contributed by atoms with Gasteiger partial charge in [0.2, 0.25) is 0 Å². The van der Waals surface area contributed by atoms with Crippen molar-refractivity contribution in [3.05, 3.63) is 74.6 Å². The Balaban J connectivity index is 1.63. The van der Waals surface area contributed by atoms with E-state index in [4.69, 9.17) is 9.15 Å². The van der Waals surface area contributed by atoms with E-state index in [0.29, 0.717) is 24.1 Å². The lowest BCUT2D eigenvalue weighted by Crippen LogP contribution is -2.25. The lowest BCUT2D eigenvalue weighted by Gasteiger charge is -2.11. The first-order chi connectivity index (χ1) is 12.1. The summed E-state index contributed by atoms with van der Waals surface area (Å²) in [6.07, 6.45) is 1.55. The van der Waals surface area contributed by atoms with Crippen LogP contribution >= 0.6 is 0 Å². The fraction of sp³-hybridized carbons (Fsp3) is 0.300. The van der Waals surface area contributed by atoms with Gasteiger partial charge in [-0.3, -0.25) is 4.57 Å². The Hall–Kier alpha value is -2.82. The van der Waals surface area contributed by atoms with Crippen LogP contribution in [0.25, 0.3) is 10.9 Å². The van der Waals surface area contributed by atoms with Gasteiger partial charge in [0.05, 0.1) is 17.5 Å². The Kier molecular flexibility index (Phi) is 5.03. The second-order valence-corrected chi connectivity index (χ2v) is 6.15. The molecule has 130 valence electrons. The maximum absolute atomic E-state index is 12.0. The van der Waals surface area contributed by atoms with E-state index in [1.165, 1.54) is 4.57 Å². The van der Waals surface area contributed by atoms with Crippen LogP contribution in [0.1, 0.15) is 24.0 Å². The van der Waals surface area contributed by atoms with E-state index in [1.807, 2.05) is 26.0 Å². The van der Waals surface area contributed by atoms with Crippen LogP contribution in [0.5, 0.6) is 5.75 Å². The summed E-state index contributed by atoms with van der Waals surface area (Å²) in [5.74, 6) is 0.285. The van der Waals surface area contributed by atoms with Crippen molar-refractivity contribution in [2.75, 3.05) is 6.61 Å². The fourth-order valence-corrected chi connectivity index (χ4v) is 2.80. The molecule has 1 heterocycles. The summed E-state index contributed by atoms with van der Waals surface area (Å²) < 4.78 is 12.1. The van der Waals surface area contributed by atoms with Crippen LogP contribution in [-0.4, -0.2) is 11.2 Å². The van der Waals surface area contributed by atoms with Crippen LogP contribution in [0.3, 0.4) is 0 Å². The predicted octanol–water partition coefficient (Wildman–Crippen LogP) is 3.43. The minimum Gasteiger partial charge on any atom is -0.493 e. The third-order valence-corrected chi connectivity index (χ3v) is 4.19. The SMILES string of the molecule is Cc1ccc(C)c(OCCCCn2c(=O)oc(=O)c3ccccc32)c1. The van der Waals surface area contributed by atoms with Crippen molar-refractivity contribution < 1.29 is 9.15 Å². The summed E-state index contributed by atoms with van der Waals surface area (Å²) in [6, 6.07) is 13.1. The Morgan fingerprint density at radius 3 is 2.68 bits per heavy atom. The average Bonchev–Trinajstić information content (AvgIpc) is 2.60. The number of hydrogen-bond acceptors (Lipinski definition) is 4. The zero-order valence-electron chi connectivity index (χ0n) is 14.5. The van der Waals surface area contributed by atoms with Gasteiger partial charge in [0, 0.05) is 6.54 Å². The molecular formula is C20H21NO4. The molecule has 3 aromatic rings. The van der Waals surface area contributed by atoms with Gasteiger partial charge in [-0.05, 0) is 56.0 Å². The van der Waals surface area contributed by atoms with Gasteiger partial charge in [0.15, 0.2) is 0 Å². The van der Waals surface area contributed by atoms with Crippen molar-refractivity contribution in [2.45, 2.75) is 33.2 Å². The fourth-order valence-electron chi connectivity index (χ4n) is 2.80. The molecule has 0 fully saturated rings. The number of aromatic nitrogens is 1. The Morgan fingerprint density at radius 2 is 1.84 bits per heavy atom. The highest BCUT2D eigenvalue weighted by Gasteiger charge is 2.08. The topological polar surface area (TPSA) is 61.4 Å². The number of fused-ring (bicyclic) bond motifs is 1. The molecule has 0 N–H and O–H groups in total. The van der Waals surface area contributed by atoms with E-state index in [2.05, 4.69) is 6.07 Å². The van der Waals surface area contributed by atoms with E-state index < -0.39 is 11.4 Å².